The van der Waals surface area contributed by atoms with Crippen LogP contribution in [0.4, 0.5) is 0 Å². The van der Waals surface area contributed by atoms with E-state index in [0.717, 1.165) is 24.3 Å². The fourth-order valence-electron chi connectivity index (χ4n) is 1.57. The molecule has 68 valence electrons. The number of para-hydroxylation sites is 1. The molecule has 1 aliphatic heterocycles. The molecule has 0 aromatic heterocycles. The van der Waals surface area contributed by atoms with Gasteiger partial charge in [0, 0.05) is 17.8 Å². The molecule has 0 saturated heterocycles. The Morgan fingerprint density at radius 3 is 2.85 bits per heavy atom. The van der Waals surface area contributed by atoms with Crippen LogP contribution in [0.3, 0.4) is 0 Å². The van der Waals surface area contributed by atoms with Gasteiger partial charge in [0.05, 0.1) is 7.11 Å². The van der Waals surface area contributed by atoms with Crippen LogP contribution in [-0.2, 0) is 0 Å². The molecule has 0 bridgehead atoms. The van der Waals surface area contributed by atoms with Crippen molar-refractivity contribution in [3.8, 4) is 5.75 Å². The third kappa shape index (κ3) is 1.52. The van der Waals surface area contributed by atoms with Gasteiger partial charge in [0.1, 0.15) is 5.75 Å². The van der Waals surface area contributed by atoms with E-state index >= 15 is 0 Å². The van der Waals surface area contributed by atoms with E-state index in [9.17, 15) is 0 Å². The van der Waals surface area contributed by atoms with Crippen molar-refractivity contribution in [3.05, 3.63) is 35.9 Å². The Labute approximate surface area is 78.2 Å². The first-order chi connectivity index (χ1) is 6.42. The molecule has 2 rings (SSSR count). The van der Waals surface area contributed by atoms with Crippen molar-refractivity contribution in [2.45, 2.75) is 6.42 Å². The van der Waals surface area contributed by atoms with Crippen molar-refractivity contribution >= 4 is 5.70 Å². The maximum atomic E-state index is 5.28. The van der Waals surface area contributed by atoms with Crippen molar-refractivity contribution < 1.29 is 4.74 Å². The van der Waals surface area contributed by atoms with Crippen LogP contribution < -0.4 is 10.1 Å². The zero-order valence-electron chi connectivity index (χ0n) is 7.71. The van der Waals surface area contributed by atoms with E-state index in [0.29, 0.717) is 0 Å². The van der Waals surface area contributed by atoms with Gasteiger partial charge in [0.25, 0.3) is 0 Å². The third-order valence-electron chi connectivity index (χ3n) is 2.21. The summed E-state index contributed by atoms with van der Waals surface area (Å²) >= 11 is 0. The molecule has 0 fully saturated rings. The Kier molecular flexibility index (Phi) is 2.21. The summed E-state index contributed by atoms with van der Waals surface area (Å²) in [4.78, 5) is 0. The van der Waals surface area contributed by atoms with E-state index < -0.39 is 0 Å². The van der Waals surface area contributed by atoms with Crippen LogP contribution in [0, 0.1) is 0 Å². The minimum absolute atomic E-state index is 0.933. The lowest BCUT2D eigenvalue weighted by molar-refractivity contribution is 0.413. The Bertz CT molecular complexity index is 331. The lowest BCUT2D eigenvalue weighted by Crippen LogP contribution is -2.07. The largest absolute Gasteiger partial charge is 0.496 e. The molecule has 0 atom stereocenters. The van der Waals surface area contributed by atoms with E-state index in [1.54, 1.807) is 7.11 Å². The molecule has 0 amide bonds. The van der Waals surface area contributed by atoms with Crippen LogP contribution in [0.15, 0.2) is 30.3 Å². The van der Waals surface area contributed by atoms with Crippen LogP contribution in [0.1, 0.15) is 12.0 Å². The standard InChI is InChI=1S/C11H13NO/c1-13-11-7-3-2-5-9(11)10-6-4-8-12-10/h2-3,5-7,12H,4,8H2,1H3. The highest BCUT2D eigenvalue weighted by molar-refractivity contribution is 5.70. The maximum Gasteiger partial charge on any atom is 0.128 e. The van der Waals surface area contributed by atoms with Gasteiger partial charge in [0.15, 0.2) is 0 Å². The van der Waals surface area contributed by atoms with Gasteiger partial charge in [-0.05, 0) is 18.6 Å². The molecule has 0 saturated carbocycles. The minimum atomic E-state index is 0.933. The molecule has 1 aromatic rings. The number of hydrogen-bond acceptors (Lipinski definition) is 2. The summed E-state index contributed by atoms with van der Waals surface area (Å²) in [5.41, 5.74) is 2.35. The summed E-state index contributed by atoms with van der Waals surface area (Å²) in [6.45, 7) is 1.04. The zero-order valence-corrected chi connectivity index (χ0v) is 7.71. The van der Waals surface area contributed by atoms with Crippen LogP contribution in [0.5, 0.6) is 5.75 Å². The minimum Gasteiger partial charge on any atom is -0.496 e. The fourth-order valence-corrected chi connectivity index (χ4v) is 1.57. The van der Waals surface area contributed by atoms with E-state index in [2.05, 4.69) is 17.5 Å². The van der Waals surface area contributed by atoms with Gasteiger partial charge < -0.3 is 10.1 Å². The maximum absolute atomic E-state index is 5.28. The summed E-state index contributed by atoms with van der Waals surface area (Å²) < 4.78 is 5.28. The summed E-state index contributed by atoms with van der Waals surface area (Å²) in [7, 11) is 1.70. The molecule has 2 heteroatoms. The molecule has 1 aromatic carbocycles. The fraction of sp³-hybridized carbons (Fsp3) is 0.273. The van der Waals surface area contributed by atoms with E-state index in [1.807, 2.05) is 18.2 Å². The number of rotatable bonds is 2. The third-order valence-corrected chi connectivity index (χ3v) is 2.21. The summed E-state index contributed by atoms with van der Waals surface area (Å²) in [5.74, 6) is 0.933. The quantitative estimate of drug-likeness (QED) is 0.742. The van der Waals surface area contributed by atoms with E-state index in [4.69, 9.17) is 4.74 Å². The molecular weight excluding hydrogens is 162 g/mol. The van der Waals surface area contributed by atoms with Crippen molar-refractivity contribution in [2.75, 3.05) is 13.7 Å². The van der Waals surface area contributed by atoms with Gasteiger partial charge in [-0.1, -0.05) is 18.2 Å². The lowest BCUT2D eigenvalue weighted by Gasteiger charge is -2.09. The predicted octanol–water partition coefficient (Wildman–Crippen LogP) is 2.03. The molecule has 0 spiro atoms. The summed E-state index contributed by atoms with van der Waals surface area (Å²) in [6, 6.07) is 8.07. The molecule has 0 radical (unpaired) electrons. The number of ether oxygens (including phenoxy) is 1. The van der Waals surface area contributed by atoms with Crippen molar-refractivity contribution in [1.82, 2.24) is 5.32 Å². The average Bonchev–Trinajstić information content (AvgIpc) is 2.70. The second kappa shape index (κ2) is 3.52. The van der Waals surface area contributed by atoms with Crippen LogP contribution >= 0.6 is 0 Å². The normalized spacial score (nSPS) is 15.0. The SMILES string of the molecule is COc1ccccc1C1=CCCN1. The Morgan fingerprint density at radius 1 is 1.31 bits per heavy atom. The molecule has 2 nitrogen and oxygen atoms in total. The topological polar surface area (TPSA) is 21.3 Å². The smallest absolute Gasteiger partial charge is 0.128 e. The number of hydrogen-bond donors (Lipinski definition) is 1. The Morgan fingerprint density at radius 2 is 2.15 bits per heavy atom. The summed E-state index contributed by atoms with van der Waals surface area (Å²) in [6.07, 6.45) is 3.31. The van der Waals surface area contributed by atoms with Gasteiger partial charge in [-0.25, -0.2) is 0 Å². The van der Waals surface area contributed by atoms with Gasteiger partial charge in [-0.15, -0.1) is 0 Å². The number of methoxy groups -OCH3 is 1. The van der Waals surface area contributed by atoms with Crippen LogP contribution in [-0.4, -0.2) is 13.7 Å². The van der Waals surface area contributed by atoms with Crippen molar-refractivity contribution in [1.29, 1.82) is 0 Å². The molecule has 0 aliphatic carbocycles. The van der Waals surface area contributed by atoms with Crippen molar-refractivity contribution in [3.63, 3.8) is 0 Å². The number of nitrogens with one attached hydrogen (secondary N) is 1. The van der Waals surface area contributed by atoms with Crippen LogP contribution in [0.2, 0.25) is 0 Å². The van der Waals surface area contributed by atoms with Crippen molar-refractivity contribution in [2.24, 2.45) is 0 Å². The zero-order chi connectivity index (χ0) is 9.10. The lowest BCUT2D eigenvalue weighted by atomic mass is 10.1. The first-order valence-electron chi connectivity index (χ1n) is 4.49. The first-order valence-corrected chi connectivity index (χ1v) is 4.49. The molecule has 1 aliphatic rings. The van der Waals surface area contributed by atoms with Gasteiger partial charge in [-0.2, -0.15) is 0 Å². The second-order valence-electron chi connectivity index (χ2n) is 3.03. The molecule has 1 N–H and O–H groups in total. The van der Waals surface area contributed by atoms with Crippen LogP contribution in [0.25, 0.3) is 5.70 Å². The first kappa shape index (κ1) is 8.17. The molecule has 13 heavy (non-hydrogen) atoms. The highest BCUT2D eigenvalue weighted by Crippen LogP contribution is 2.25. The van der Waals surface area contributed by atoms with Gasteiger partial charge in [0.2, 0.25) is 0 Å². The Balaban J connectivity index is 2.38. The predicted molar refractivity (Wildman–Crippen MR) is 53.6 cm³/mol. The van der Waals surface area contributed by atoms with Gasteiger partial charge >= 0.3 is 0 Å². The van der Waals surface area contributed by atoms with E-state index in [1.165, 1.54) is 5.70 Å². The number of benzene rings is 1. The van der Waals surface area contributed by atoms with E-state index in [-0.39, 0.29) is 0 Å². The highest BCUT2D eigenvalue weighted by atomic mass is 16.5. The monoisotopic (exact) mass is 175 g/mol. The molecule has 1 heterocycles. The highest BCUT2D eigenvalue weighted by Gasteiger charge is 2.09. The molecular formula is C11H13NO. The van der Waals surface area contributed by atoms with Gasteiger partial charge in [-0.3, -0.25) is 0 Å². The molecule has 0 unspecified atom stereocenters. The average molecular weight is 175 g/mol. The Hall–Kier alpha value is -1.44. The summed E-state index contributed by atoms with van der Waals surface area (Å²) in [5, 5.41) is 3.33. The second-order valence-corrected chi connectivity index (χ2v) is 3.03.